The first kappa shape index (κ1) is 26.6. The van der Waals surface area contributed by atoms with E-state index in [9.17, 15) is 13.2 Å². The predicted octanol–water partition coefficient (Wildman–Crippen LogP) is 3.67. The molecule has 0 atom stereocenters. The Morgan fingerprint density at radius 2 is 1.58 bits per heavy atom. The molecule has 0 bridgehead atoms. The van der Waals surface area contributed by atoms with E-state index in [1.807, 2.05) is 19.1 Å². The third kappa shape index (κ3) is 5.95. The Morgan fingerprint density at radius 3 is 2.17 bits per heavy atom. The highest BCUT2D eigenvalue weighted by molar-refractivity contribution is 7.92. The second-order valence-electron chi connectivity index (χ2n) is 7.87. The van der Waals surface area contributed by atoms with Crippen molar-refractivity contribution in [2.75, 3.05) is 32.2 Å². The molecule has 9 nitrogen and oxygen atoms in total. The third-order valence-corrected chi connectivity index (χ3v) is 7.12. The van der Waals surface area contributed by atoms with Crippen molar-refractivity contribution >= 4 is 27.8 Å². The maximum atomic E-state index is 13.5. The van der Waals surface area contributed by atoms with Crippen molar-refractivity contribution in [3.8, 4) is 17.2 Å². The van der Waals surface area contributed by atoms with Crippen LogP contribution in [0.2, 0.25) is 0 Å². The molecule has 0 radical (unpaired) electrons. The van der Waals surface area contributed by atoms with Gasteiger partial charge in [0.1, 0.15) is 6.54 Å². The second-order valence-corrected chi connectivity index (χ2v) is 9.73. The number of aryl methyl sites for hydroxylation is 2. The Bertz CT molecular complexity index is 1330. The van der Waals surface area contributed by atoms with E-state index < -0.39 is 22.5 Å². The fraction of sp³-hybridized carbons (Fsp3) is 0.231. The van der Waals surface area contributed by atoms with Crippen molar-refractivity contribution in [2.24, 2.45) is 5.10 Å². The molecule has 0 heterocycles. The smallest absolute Gasteiger partial charge is 0.264 e. The fourth-order valence-electron chi connectivity index (χ4n) is 3.53. The van der Waals surface area contributed by atoms with Gasteiger partial charge in [0.25, 0.3) is 15.9 Å². The van der Waals surface area contributed by atoms with Gasteiger partial charge in [-0.1, -0.05) is 30.3 Å². The van der Waals surface area contributed by atoms with E-state index in [1.54, 1.807) is 43.3 Å². The topological polar surface area (TPSA) is 107 Å². The number of hydrogen-bond acceptors (Lipinski definition) is 7. The molecule has 190 valence electrons. The lowest BCUT2D eigenvalue weighted by molar-refractivity contribution is -0.119. The van der Waals surface area contributed by atoms with E-state index in [2.05, 4.69) is 10.5 Å². The summed E-state index contributed by atoms with van der Waals surface area (Å²) in [5.74, 6) is 0.676. The molecule has 0 unspecified atom stereocenters. The molecule has 10 heteroatoms. The lowest BCUT2D eigenvalue weighted by Crippen LogP contribution is -2.40. The van der Waals surface area contributed by atoms with Gasteiger partial charge in [0.15, 0.2) is 11.5 Å². The van der Waals surface area contributed by atoms with E-state index in [-0.39, 0.29) is 4.90 Å². The molecule has 0 aliphatic heterocycles. The number of nitrogens with zero attached hydrogens (tertiary/aromatic N) is 2. The quantitative estimate of drug-likeness (QED) is 0.329. The maximum Gasteiger partial charge on any atom is 0.264 e. The van der Waals surface area contributed by atoms with Gasteiger partial charge in [-0.2, -0.15) is 5.10 Å². The number of hydrazone groups is 1. The van der Waals surface area contributed by atoms with E-state index in [4.69, 9.17) is 14.2 Å². The molecule has 36 heavy (non-hydrogen) atoms. The van der Waals surface area contributed by atoms with Gasteiger partial charge in [0, 0.05) is 5.56 Å². The number of anilines is 1. The lowest BCUT2D eigenvalue weighted by atomic mass is 10.1. The number of benzene rings is 3. The number of nitrogens with one attached hydrogen (secondary N) is 1. The van der Waals surface area contributed by atoms with Gasteiger partial charge in [-0.15, -0.1) is 0 Å². The molecule has 0 saturated heterocycles. The molecular weight excluding hydrogens is 482 g/mol. The summed E-state index contributed by atoms with van der Waals surface area (Å²) in [6, 6.07) is 16.8. The average Bonchev–Trinajstić information content (AvgIpc) is 2.88. The Morgan fingerprint density at radius 1 is 0.944 bits per heavy atom. The molecule has 0 aliphatic carbocycles. The Labute approximate surface area is 211 Å². The standard InChI is InChI=1S/C26H29N3O6S/c1-18-11-12-19(2)22(13-18)29(36(31,32)21-9-7-6-8-10-21)17-25(30)28-27-16-20-14-23(33-3)26(35-5)24(15-20)34-4/h6-16H,17H2,1-5H3,(H,28,30)/b27-16-. The highest BCUT2D eigenvalue weighted by Crippen LogP contribution is 2.37. The summed E-state index contributed by atoms with van der Waals surface area (Å²) in [5.41, 5.74) is 4.98. The predicted molar refractivity (Wildman–Crippen MR) is 139 cm³/mol. The molecule has 0 saturated carbocycles. The van der Waals surface area contributed by atoms with Crippen LogP contribution in [0, 0.1) is 13.8 Å². The van der Waals surface area contributed by atoms with Gasteiger partial charge in [0.2, 0.25) is 5.75 Å². The van der Waals surface area contributed by atoms with Crippen LogP contribution in [0.5, 0.6) is 17.2 Å². The van der Waals surface area contributed by atoms with Crippen LogP contribution >= 0.6 is 0 Å². The van der Waals surface area contributed by atoms with E-state index in [0.717, 1.165) is 9.87 Å². The van der Waals surface area contributed by atoms with Gasteiger partial charge in [-0.3, -0.25) is 9.10 Å². The lowest BCUT2D eigenvalue weighted by Gasteiger charge is -2.25. The molecule has 0 aliphatic rings. The number of rotatable bonds is 10. The first-order chi connectivity index (χ1) is 17.2. The SMILES string of the molecule is COc1cc(/C=N\NC(=O)CN(c2cc(C)ccc2C)S(=O)(=O)c2ccccc2)cc(OC)c1OC. The van der Waals surface area contributed by atoms with Gasteiger partial charge in [0.05, 0.1) is 38.1 Å². The van der Waals surface area contributed by atoms with Crippen molar-refractivity contribution in [3.05, 3.63) is 77.4 Å². The van der Waals surface area contributed by atoms with Crippen molar-refractivity contribution in [1.29, 1.82) is 0 Å². The van der Waals surface area contributed by atoms with E-state index >= 15 is 0 Å². The van der Waals surface area contributed by atoms with Crippen LogP contribution in [0.4, 0.5) is 5.69 Å². The van der Waals surface area contributed by atoms with Gasteiger partial charge in [-0.25, -0.2) is 13.8 Å². The van der Waals surface area contributed by atoms with Crippen LogP contribution in [-0.2, 0) is 14.8 Å². The van der Waals surface area contributed by atoms with Gasteiger partial charge < -0.3 is 14.2 Å². The number of carbonyl (C=O) groups is 1. The van der Waals surface area contributed by atoms with Gasteiger partial charge in [-0.05, 0) is 55.3 Å². The molecule has 0 aromatic heterocycles. The zero-order chi connectivity index (χ0) is 26.3. The maximum absolute atomic E-state index is 13.5. The first-order valence-electron chi connectivity index (χ1n) is 11.0. The van der Waals surface area contributed by atoms with Crippen LogP contribution in [0.25, 0.3) is 0 Å². The summed E-state index contributed by atoms with van der Waals surface area (Å²) in [4.78, 5) is 12.9. The monoisotopic (exact) mass is 511 g/mol. The van der Waals surface area contributed by atoms with E-state index in [0.29, 0.717) is 34.1 Å². The van der Waals surface area contributed by atoms with Crippen molar-refractivity contribution in [1.82, 2.24) is 5.43 Å². The molecule has 0 fully saturated rings. The molecule has 1 N–H and O–H groups in total. The number of methoxy groups -OCH3 is 3. The van der Waals surface area contributed by atoms with Crippen LogP contribution in [0.3, 0.4) is 0 Å². The Kier molecular flexibility index (Phi) is 8.55. The van der Waals surface area contributed by atoms with Crippen molar-refractivity contribution in [3.63, 3.8) is 0 Å². The first-order valence-corrected chi connectivity index (χ1v) is 12.4. The van der Waals surface area contributed by atoms with Crippen molar-refractivity contribution in [2.45, 2.75) is 18.7 Å². The van der Waals surface area contributed by atoms with Gasteiger partial charge >= 0.3 is 0 Å². The minimum atomic E-state index is -4.02. The van der Waals surface area contributed by atoms with Crippen LogP contribution in [-0.4, -0.2) is 48.4 Å². The van der Waals surface area contributed by atoms with Crippen LogP contribution in [0.15, 0.2) is 70.7 Å². The summed E-state index contributed by atoms with van der Waals surface area (Å²) < 4.78 is 44.0. The van der Waals surface area contributed by atoms with Crippen molar-refractivity contribution < 1.29 is 27.4 Å². The summed E-state index contributed by atoms with van der Waals surface area (Å²) in [7, 11) is 0.472. The minimum Gasteiger partial charge on any atom is -0.493 e. The third-order valence-electron chi connectivity index (χ3n) is 5.34. The number of ether oxygens (including phenoxy) is 3. The molecule has 3 rings (SSSR count). The summed E-state index contributed by atoms with van der Waals surface area (Å²) >= 11 is 0. The molecule has 1 amide bonds. The molecule has 0 spiro atoms. The number of carbonyl (C=O) groups excluding carboxylic acids is 1. The van der Waals surface area contributed by atoms with Crippen LogP contribution < -0.4 is 23.9 Å². The fourth-order valence-corrected chi connectivity index (χ4v) is 5.03. The van der Waals surface area contributed by atoms with E-state index in [1.165, 1.54) is 39.7 Å². The highest BCUT2D eigenvalue weighted by atomic mass is 32.2. The number of sulfonamides is 1. The Balaban J connectivity index is 1.87. The molecule has 3 aromatic rings. The molecule has 3 aromatic carbocycles. The van der Waals surface area contributed by atoms with Crippen LogP contribution in [0.1, 0.15) is 16.7 Å². The number of hydrogen-bond donors (Lipinski definition) is 1. The highest BCUT2D eigenvalue weighted by Gasteiger charge is 2.28. The number of amides is 1. The Hall–Kier alpha value is -4.05. The minimum absolute atomic E-state index is 0.0830. The summed E-state index contributed by atoms with van der Waals surface area (Å²) in [6.07, 6.45) is 1.40. The second kappa shape index (κ2) is 11.6. The normalized spacial score (nSPS) is 11.2. The zero-order valence-corrected chi connectivity index (χ0v) is 21.6. The molecular formula is C26H29N3O6S. The average molecular weight is 512 g/mol. The zero-order valence-electron chi connectivity index (χ0n) is 20.8. The largest absolute Gasteiger partial charge is 0.493 e. The summed E-state index contributed by atoms with van der Waals surface area (Å²) in [6.45, 7) is 3.19. The summed E-state index contributed by atoms with van der Waals surface area (Å²) in [5, 5.41) is 3.99.